The first-order valence-corrected chi connectivity index (χ1v) is 26.8. The number of hydrazine groups is 1. The van der Waals surface area contributed by atoms with Crippen LogP contribution in [0.15, 0.2) is 54.9 Å². The summed E-state index contributed by atoms with van der Waals surface area (Å²) in [4.78, 5) is 78.7. The molecule has 72 heavy (non-hydrogen) atoms. The number of aromatic hydroxyl groups is 1. The molecule has 4 aliphatic rings. The largest absolute Gasteiger partial charge is 0.597 e. The van der Waals surface area contributed by atoms with Gasteiger partial charge in [0.1, 0.15) is 28.6 Å². The van der Waals surface area contributed by atoms with Gasteiger partial charge in [-0.3, -0.25) is 34.0 Å². The molecule has 0 radical (unpaired) electrons. The number of carbonyl (C=O) groups excluding carboxylic acids is 5. The third-order valence-electron chi connectivity index (χ3n) is 14.7. The van der Waals surface area contributed by atoms with Crippen molar-refractivity contribution in [3.8, 4) is 28.1 Å². The van der Waals surface area contributed by atoms with Gasteiger partial charge in [-0.25, -0.2) is 5.43 Å². The maximum atomic E-state index is 14.8. The second-order valence-electron chi connectivity index (χ2n) is 22.5. The van der Waals surface area contributed by atoms with Crippen molar-refractivity contribution < 1.29 is 38.4 Å². The number of phenolic OH excluding ortho intramolecular Hbond substituents is 1. The summed E-state index contributed by atoms with van der Waals surface area (Å²) in [6, 6.07) is 9.75. The van der Waals surface area contributed by atoms with Gasteiger partial charge in [0.25, 0.3) is 5.91 Å². The summed E-state index contributed by atoms with van der Waals surface area (Å²) in [5.41, 5.74) is 10.1. The van der Waals surface area contributed by atoms with E-state index in [9.17, 15) is 33.6 Å². The number of aryl methyl sites for hydroxylation is 2. The van der Waals surface area contributed by atoms with Crippen LogP contribution in [0.3, 0.4) is 0 Å². The van der Waals surface area contributed by atoms with Crippen molar-refractivity contribution >= 4 is 51.9 Å². The maximum Gasteiger partial charge on any atom is 0.324 e. The summed E-state index contributed by atoms with van der Waals surface area (Å²) in [6.07, 6.45) is 7.97. The standard InChI is InChI=1S/C55H74N8O8S/c1-12-34-20-21-56-29-41(34)48-40-28-55(8,9)31-71-53(69)42-15-14-22-62(58-42)51(67)43(25-33-23-37(26-38(64)24-33)36-18-19-44(39(40)27-36)61(48)13-2)57-50(66)46(32(3)4)60(11)45(65)30-59(10)52(68)49-47(35-16-17-35)63(49)72(70)54(5,6)7/h18-21,23-24,26-27,29,32,35,42-43,46-47,49,58,64H,12-17,22,25,28,30-31H2,1-11H3,(H,57,66)/t42-,43-,46-,47+,49+,63?,72?/m0/s1. The van der Waals surface area contributed by atoms with Crippen LogP contribution in [-0.2, 0) is 65.9 Å². The van der Waals surface area contributed by atoms with Crippen LogP contribution in [0.2, 0.25) is 0 Å². The number of amides is 4. The van der Waals surface area contributed by atoms with Crippen LogP contribution in [0, 0.1) is 17.3 Å². The zero-order valence-corrected chi connectivity index (χ0v) is 44.7. The predicted octanol–water partition coefficient (Wildman–Crippen LogP) is 6.17. The first kappa shape index (κ1) is 52.8. The van der Waals surface area contributed by atoms with Crippen molar-refractivity contribution in [2.75, 3.05) is 33.8 Å². The molecule has 16 nitrogen and oxygen atoms in total. The van der Waals surface area contributed by atoms with Crippen LogP contribution in [0.1, 0.15) is 105 Å². The van der Waals surface area contributed by atoms with Crippen molar-refractivity contribution in [1.82, 2.24) is 39.4 Å². The van der Waals surface area contributed by atoms with Gasteiger partial charge >= 0.3 is 5.97 Å². The third-order valence-corrected chi connectivity index (χ3v) is 16.6. The van der Waals surface area contributed by atoms with Gasteiger partial charge in [-0.15, -0.1) is 4.31 Å². The monoisotopic (exact) mass is 1010 g/mol. The van der Waals surface area contributed by atoms with Gasteiger partial charge in [-0.1, -0.05) is 46.8 Å². The lowest BCUT2D eigenvalue weighted by molar-refractivity contribution is -0.155. The number of cyclic esters (lactones) is 1. The summed E-state index contributed by atoms with van der Waals surface area (Å²) < 4.78 is 23.1. The lowest BCUT2D eigenvalue weighted by Crippen LogP contribution is -2.62. The van der Waals surface area contributed by atoms with E-state index in [-0.39, 0.29) is 43.8 Å². The smallest absolute Gasteiger partial charge is 0.324 e. The number of hydrogen-bond donors (Lipinski definition) is 3. The molecule has 1 saturated carbocycles. The zero-order valence-electron chi connectivity index (χ0n) is 43.9. The number of nitrogens with zero attached hydrogens (tertiary/aromatic N) is 6. The molecule has 7 atom stereocenters. The van der Waals surface area contributed by atoms with E-state index in [4.69, 9.17) is 4.74 Å². The minimum atomic E-state index is -1.39. The molecule has 6 bridgehead atoms. The van der Waals surface area contributed by atoms with Crippen molar-refractivity contribution in [3.05, 3.63) is 71.5 Å². The van der Waals surface area contributed by atoms with Gasteiger partial charge in [0.15, 0.2) is 6.04 Å². The van der Waals surface area contributed by atoms with E-state index < -0.39 is 75.3 Å². The van der Waals surface area contributed by atoms with Crippen LogP contribution >= 0.6 is 0 Å². The van der Waals surface area contributed by atoms with Gasteiger partial charge in [0.05, 0.1) is 24.9 Å². The Labute approximate surface area is 427 Å². The number of phenols is 1. The van der Waals surface area contributed by atoms with Crippen LogP contribution in [-0.4, -0.2) is 137 Å². The highest BCUT2D eigenvalue weighted by Gasteiger charge is 2.67. The highest BCUT2D eigenvalue weighted by atomic mass is 32.2. The molecule has 4 amide bonds. The first-order chi connectivity index (χ1) is 34.0. The fourth-order valence-corrected chi connectivity index (χ4v) is 12.3. The third kappa shape index (κ3) is 10.9. The van der Waals surface area contributed by atoms with Crippen molar-refractivity contribution in [2.24, 2.45) is 17.3 Å². The number of likely N-dealkylation sites (N-methyl/N-ethyl adjacent to an activating group) is 2. The molecule has 17 heteroatoms. The Kier molecular flexibility index (Phi) is 15.3. The molecule has 3 aliphatic heterocycles. The number of aromatic nitrogens is 2. The molecule has 2 unspecified atom stereocenters. The predicted molar refractivity (Wildman–Crippen MR) is 278 cm³/mol. The number of carbonyl (C=O) groups is 5. The normalized spacial score (nSPS) is 23.2. The Morgan fingerprint density at radius 1 is 1.04 bits per heavy atom. The summed E-state index contributed by atoms with van der Waals surface area (Å²) in [7, 11) is 3.07. The fraction of sp³-hybridized carbons (Fsp3) is 0.564. The molecule has 5 heterocycles. The summed E-state index contributed by atoms with van der Waals surface area (Å²) >= 11 is -1.39. The van der Waals surface area contributed by atoms with E-state index in [1.165, 1.54) is 27.4 Å². The van der Waals surface area contributed by atoms with E-state index in [0.717, 1.165) is 52.5 Å². The van der Waals surface area contributed by atoms with Crippen molar-refractivity contribution in [3.63, 3.8) is 0 Å². The molecule has 3 N–H and O–H groups in total. The Morgan fingerprint density at radius 2 is 1.78 bits per heavy atom. The van der Waals surface area contributed by atoms with Crippen molar-refractivity contribution in [1.29, 1.82) is 0 Å². The zero-order chi connectivity index (χ0) is 52.1. The topological polar surface area (TPSA) is 192 Å². The van der Waals surface area contributed by atoms with E-state index >= 15 is 0 Å². The maximum absolute atomic E-state index is 14.8. The lowest BCUT2D eigenvalue weighted by Gasteiger charge is -2.37. The molecule has 1 aliphatic carbocycles. The highest BCUT2D eigenvalue weighted by molar-refractivity contribution is 7.90. The van der Waals surface area contributed by atoms with Gasteiger partial charge in [-0.2, -0.15) is 0 Å². The number of hydrogen-bond acceptors (Lipinski definition) is 11. The van der Waals surface area contributed by atoms with Crippen molar-refractivity contribution in [2.45, 2.75) is 149 Å². The molecular weight excluding hydrogens is 933 g/mol. The van der Waals surface area contributed by atoms with Gasteiger partial charge in [0, 0.05) is 79.2 Å². The molecule has 0 spiro atoms. The molecule has 3 fully saturated rings. The summed E-state index contributed by atoms with van der Waals surface area (Å²) in [5, 5.41) is 16.8. The highest BCUT2D eigenvalue weighted by Crippen LogP contribution is 2.51. The number of fused-ring (bicyclic) bond motifs is 6. The Bertz CT molecular complexity index is 2730. The minimum absolute atomic E-state index is 0.0176. The number of pyridine rings is 1. The Hall–Kier alpha value is -5.49. The quantitative estimate of drug-likeness (QED) is 0.0835. The molecule has 2 aromatic heterocycles. The Balaban J connectivity index is 1.11. The number of esters is 1. The fourth-order valence-electron chi connectivity index (χ4n) is 10.8. The molecular formula is C55H74N8O8S. The number of nitrogens with one attached hydrogen (secondary N) is 2. The van der Waals surface area contributed by atoms with Gasteiger partial charge in [-0.05, 0) is 136 Å². The van der Waals surface area contributed by atoms with E-state index in [2.05, 4.69) is 66.2 Å². The molecule has 4 aromatic rings. The van der Waals surface area contributed by atoms with E-state index in [1.54, 1.807) is 23.5 Å². The van der Waals surface area contributed by atoms with E-state index in [1.807, 2.05) is 59.1 Å². The van der Waals surface area contributed by atoms with Crippen LogP contribution < -0.4 is 10.7 Å². The average Bonchev–Trinajstić information content (AvgIpc) is 4.27. The number of benzene rings is 2. The summed E-state index contributed by atoms with van der Waals surface area (Å²) in [5.74, 6) is -2.46. The number of ether oxygens (including phenoxy) is 1. The minimum Gasteiger partial charge on any atom is -0.597 e. The molecule has 388 valence electrons. The molecule has 2 aromatic carbocycles. The SMILES string of the molecule is CCc1ccncc1-c1c2c3cc(ccc3n1CC)-c1cc(O)cc(c1)C[C@H](NC(=O)[C@H](C(C)C)N(C)C(=O)CN(C)C(=O)[C@H]1[C@@H](C3CC3)N1[S+]([O-])C(C)(C)C)C(=O)N1CCC[C@H](N1)C(=O)OCC(C)(C)C2. The lowest BCUT2D eigenvalue weighted by atomic mass is 9.84. The molecule has 8 rings (SSSR count). The van der Waals surface area contributed by atoms with E-state index in [0.29, 0.717) is 42.9 Å². The van der Waals surface area contributed by atoms with Gasteiger partial charge in [0.2, 0.25) is 17.7 Å². The second kappa shape index (κ2) is 20.8. The van der Waals surface area contributed by atoms with Crippen LogP contribution in [0.4, 0.5) is 0 Å². The Morgan fingerprint density at radius 3 is 2.44 bits per heavy atom. The second-order valence-corrected chi connectivity index (χ2v) is 24.6. The van der Waals surface area contributed by atoms with Gasteiger partial charge < -0.3 is 34.1 Å². The first-order valence-electron chi connectivity index (χ1n) is 25.7. The number of rotatable bonds is 12. The summed E-state index contributed by atoms with van der Waals surface area (Å²) in [6.45, 7) is 18.5. The molecule has 2 saturated heterocycles. The van der Waals surface area contributed by atoms with Crippen LogP contribution in [0.25, 0.3) is 33.3 Å². The van der Waals surface area contributed by atoms with Crippen LogP contribution in [0.5, 0.6) is 5.75 Å². The average molecular weight is 1010 g/mol.